The van der Waals surface area contributed by atoms with Gasteiger partial charge in [-0.2, -0.15) is 0 Å². The fraction of sp³-hybridized carbons (Fsp3) is 0.208. The smallest absolute Gasteiger partial charge is 0.0945 e. The van der Waals surface area contributed by atoms with Gasteiger partial charge in [-0.3, -0.25) is 4.98 Å². The van der Waals surface area contributed by atoms with Crippen LogP contribution in [-0.2, 0) is 0 Å². The Balaban J connectivity index is 1.70. The first-order valence-electron chi connectivity index (χ1n) is 9.50. The fourth-order valence-electron chi connectivity index (χ4n) is 4.23. The average Bonchev–Trinajstić information content (AvgIpc) is 2.74. The summed E-state index contributed by atoms with van der Waals surface area (Å²) in [6.07, 6.45) is 21.9. The van der Waals surface area contributed by atoms with Crippen LogP contribution in [0.1, 0.15) is 36.8 Å². The number of nitrogens with one attached hydrogen (secondary N) is 1. The van der Waals surface area contributed by atoms with E-state index in [4.69, 9.17) is 4.98 Å². The minimum Gasteiger partial charge on any atom is -0.382 e. The van der Waals surface area contributed by atoms with Crippen LogP contribution in [0.3, 0.4) is 0 Å². The van der Waals surface area contributed by atoms with Crippen LogP contribution in [0.25, 0.3) is 22.0 Å². The van der Waals surface area contributed by atoms with E-state index in [2.05, 4.69) is 66.0 Å². The van der Waals surface area contributed by atoms with Crippen molar-refractivity contribution in [2.24, 2.45) is 0 Å². The lowest BCUT2D eigenvalue weighted by atomic mass is 9.87. The highest BCUT2D eigenvalue weighted by atomic mass is 14.9. The van der Waals surface area contributed by atoms with E-state index < -0.39 is 0 Å². The Morgan fingerprint density at radius 3 is 2.77 bits per heavy atom. The van der Waals surface area contributed by atoms with Crippen molar-refractivity contribution >= 4 is 27.7 Å². The molecular formula is C24H22N2. The molecule has 0 bridgehead atoms. The van der Waals surface area contributed by atoms with E-state index in [1.807, 2.05) is 6.20 Å². The number of allylic oxidation sites excluding steroid dienone is 9. The minimum absolute atomic E-state index is 0.969. The summed E-state index contributed by atoms with van der Waals surface area (Å²) in [5.41, 5.74) is 9.11. The third-order valence-electron chi connectivity index (χ3n) is 5.49. The molecule has 0 unspecified atom stereocenters. The van der Waals surface area contributed by atoms with E-state index in [1.54, 1.807) is 0 Å². The molecule has 1 aromatic heterocycles. The van der Waals surface area contributed by atoms with Gasteiger partial charge in [0.15, 0.2) is 0 Å². The molecule has 2 heterocycles. The van der Waals surface area contributed by atoms with E-state index in [9.17, 15) is 0 Å². The highest BCUT2D eigenvalue weighted by molar-refractivity contribution is 6.04. The molecule has 2 aliphatic carbocycles. The summed E-state index contributed by atoms with van der Waals surface area (Å²) in [7, 11) is 0. The van der Waals surface area contributed by atoms with Crippen LogP contribution < -0.4 is 5.32 Å². The molecule has 1 aliphatic heterocycles. The van der Waals surface area contributed by atoms with Crippen LogP contribution in [0.2, 0.25) is 0 Å². The molecule has 0 saturated heterocycles. The second-order valence-corrected chi connectivity index (χ2v) is 7.05. The maximum Gasteiger partial charge on any atom is 0.0945 e. The summed E-state index contributed by atoms with van der Waals surface area (Å²) in [6, 6.07) is 6.69. The number of anilines is 1. The topological polar surface area (TPSA) is 24.9 Å². The Morgan fingerprint density at radius 1 is 0.923 bits per heavy atom. The number of nitrogens with zero attached hydrogens (tertiary/aromatic N) is 1. The Hall–Kier alpha value is -2.87. The van der Waals surface area contributed by atoms with Gasteiger partial charge in [0.1, 0.15) is 0 Å². The van der Waals surface area contributed by atoms with E-state index in [-0.39, 0.29) is 0 Å². The van der Waals surface area contributed by atoms with Gasteiger partial charge in [0.2, 0.25) is 0 Å². The van der Waals surface area contributed by atoms with Gasteiger partial charge in [0, 0.05) is 23.7 Å². The van der Waals surface area contributed by atoms with Gasteiger partial charge in [-0.1, -0.05) is 54.7 Å². The maximum absolute atomic E-state index is 4.76. The molecule has 0 atom stereocenters. The maximum atomic E-state index is 4.76. The number of hydrogen-bond acceptors (Lipinski definition) is 2. The second-order valence-electron chi connectivity index (χ2n) is 7.05. The molecule has 3 aliphatic rings. The van der Waals surface area contributed by atoms with Crippen molar-refractivity contribution in [2.75, 3.05) is 11.9 Å². The van der Waals surface area contributed by atoms with Crippen LogP contribution in [-0.4, -0.2) is 11.5 Å². The number of benzene rings is 1. The van der Waals surface area contributed by atoms with Crippen molar-refractivity contribution < 1.29 is 0 Å². The van der Waals surface area contributed by atoms with Crippen LogP contribution in [0.4, 0.5) is 5.69 Å². The van der Waals surface area contributed by atoms with Crippen LogP contribution in [0.5, 0.6) is 0 Å². The minimum atomic E-state index is 0.969. The van der Waals surface area contributed by atoms with Crippen molar-refractivity contribution in [3.8, 4) is 0 Å². The van der Waals surface area contributed by atoms with Gasteiger partial charge in [-0.15, -0.1) is 0 Å². The zero-order chi connectivity index (χ0) is 17.3. The number of pyridine rings is 1. The molecule has 0 fully saturated rings. The second kappa shape index (κ2) is 6.45. The van der Waals surface area contributed by atoms with Gasteiger partial charge in [-0.05, 0) is 54.0 Å². The zero-order valence-electron chi connectivity index (χ0n) is 14.8. The molecule has 0 spiro atoms. The van der Waals surface area contributed by atoms with Gasteiger partial charge in [0.25, 0.3) is 0 Å². The number of rotatable bonds is 1. The van der Waals surface area contributed by atoms with Gasteiger partial charge in [-0.25, -0.2) is 0 Å². The van der Waals surface area contributed by atoms with Crippen molar-refractivity contribution in [1.82, 2.24) is 4.98 Å². The zero-order valence-corrected chi connectivity index (χ0v) is 14.8. The molecule has 1 N–H and O–H groups in total. The number of fused-ring (bicyclic) bond motifs is 3. The molecule has 2 aromatic rings. The lowest BCUT2D eigenvalue weighted by Gasteiger charge is -2.25. The predicted octanol–water partition coefficient (Wildman–Crippen LogP) is 6.05. The molecule has 2 heteroatoms. The largest absolute Gasteiger partial charge is 0.382 e. The Kier molecular flexibility index (Phi) is 3.82. The van der Waals surface area contributed by atoms with Crippen molar-refractivity contribution in [2.45, 2.75) is 25.7 Å². The van der Waals surface area contributed by atoms with Crippen LogP contribution >= 0.6 is 0 Å². The monoisotopic (exact) mass is 338 g/mol. The van der Waals surface area contributed by atoms with E-state index in [1.165, 1.54) is 38.9 Å². The molecule has 0 amide bonds. The van der Waals surface area contributed by atoms with Crippen LogP contribution in [0.15, 0.2) is 72.5 Å². The molecule has 5 rings (SSSR count). The third kappa shape index (κ3) is 2.53. The standard InChI is InChI=1S/C24H22N2/c1-3-7-17(8-4-1)19-13-15-25-23-21(19)11-12-22-20(14-16-26-24(22)23)18-9-5-2-6-10-18/h1,3-5,7,9-12,14,16,25H,2,6,8,13,15H2. The molecule has 26 heavy (non-hydrogen) atoms. The van der Waals surface area contributed by atoms with E-state index in [0.29, 0.717) is 0 Å². The Labute approximate surface area is 154 Å². The summed E-state index contributed by atoms with van der Waals surface area (Å²) < 4.78 is 0. The average molecular weight is 338 g/mol. The SMILES string of the molecule is C1=CCC(=C2CCNc3c2ccc2c(C4=CCCC=C4)ccnc32)C=C1. The summed E-state index contributed by atoms with van der Waals surface area (Å²) in [5.74, 6) is 0. The van der Waals surface area contributed by atoms with E-state index in [0.717, 1.165) is 37.7 Å². The molecular weight excluding hydrogens is 316 g/mol. The van der Waals surface area contributed by atoms with Gasteiger partial charge >= 0.3 is 0 Å². The summed E-state index contributed by atoms with van der Waals surface area (Å²) in [6.45, 7) is 0.969. The summed E-state index contributed by atoms with van der Waals surface area (Å²) in [5, 5.41) is 4.87. The van der Waals surface area contributed by atoms with Crippen molar-refractivity contribution in [3.63, 3.8) is 0 Å². The molecule has 128 valence electrons. The third-order valence-corrected chi connectivity index (χ3v) is 5.49. The Bertz CT molecular complexity index is 1030. The molecule has 2 nitrogen and oxygen atoms in total. The highest BCUT2D eigenvalue weighted by Crippen LogP contribution is 2.40. The van der Waals surface area contributed by atoms with Gasteiger partial charge < -0.3 is 5.32 Å². The molecule has 0 saturated carbocycles. The summed E-state index contributed by atoms with van der Waals surface area (Å²) in [4.78, 5) is 4.76. The lowest BCUT2D eigenvalue weighted by molar-refractivity contribution is 1.03. The quantitative estimate of drug-likeness (QED) is 0.684. The summed E-state index contributed by atoms with van der Waals surface area (Å²) >= 11 is 0. The molecule has 1 aromatic carbocycles. The first-order chi connectivity index (χ1) is 12.9. The van der Waals surface area contributed by atoms with Crippen molar-refractivity contribution in [3.05, 3.63) is 83.6 Å². The first-order valence-corrected chi connectivity index (χ1v) is 9.50. The normalized spacial score (nSPS) is 21.5. The Morgan fingerprint density at radius 2 is 1.92 bits per heavy atom. The number of hydrogen-bond donors (Lipinski definition) is 1. The predicted molar refractivity (Wildman–Crippen MR) is 111 cm³/mol. The lowest BCUT2D eigenvalue weighted by Crippen LogP contribution is -2.13. The van der Waals surface area contributed by atoms with E-state index >= 15 is 0 Å². The van der Waals surface area contributed by atoms with Crippen LogP contribution in [0, 0.1) is 0 Å². The highest BCUT2D eigenvalue weighted by Gasteiger charge is 2.20. The number of aromatic nitrogens is 1. The fourth-order valence-corrected chi connectivity index (χ4v) is 4.23. The van der Waals surface area contributed by atoms with Crippen molar-refractivity contribution in [1.29, 1.82) is 0 Å². The first kappa shape index (κ1) is 15.4. The molecule has 0 radical (unpaired) electrons. The van der Waals surface area contributed by atoms with Gasteiger partial charge in [0.05, 0.1) is 11.2 Å².